The van der Waals surface area contributed by atoms with Gasteiger partial charge in [-0.3, -0.25) is 9.59 Å². The molecule has 1 aromatic carbocycles. The summed E-state index contributed by atoms with van der Waals surface area (Å²) in [5.74, 6) is -1.19. The highest BCUT2D eigenvalue weighted by Gasteiger charge is 2.66. The number of benzene rings is 1. The zero-order valence-corrected chi connectivity index (χ0v) is 26.1. The van der Waals surface area contributed by atoms with Gasteiger partial charge in [0.2, 0.25) is 0 Å². The number of rotatable bonds is 9. The van der Waals surface area contributed by atoms with Crippen LogP contribution in [0, 0.1) is 11.3 Å². The van der Waals surface area contributed by atoms with Crippen molar-refractivity contribution in [2.75, 3.05) is 5.75 Å². The zero-order chi connectivity index (χ0) is 29.5. The summed E-state index contributed by atoms with van der Waals surface area (Å²) in [5.41, 5.74) is 0.301. The molecule has 1 aromatic rings. The monoisotopic (exact) mass is 578 g/mol. The molecule has 0 amide bonds. The summed E-state index contributed by atoms with van der Waals surface area (Å²) in [5, 5.41) is -0.0719. The van der Waals surface area contributed by atoms with E-state index in [0.717, 1.165) is 17.7 Å². The molecule has 1 saturated carbocycles. The molecule has 1 aliphatic carbocycles. The average Bonchev–Trinajstić information content (AvgIpc) is 3.34. The molecule has 3 fully saturated rings. The Kier molecular flexibility index (Phi) is 9.32. The molecule has 2 aliphatic heterocycles. The van der Waals surface area contributed by atoms with E-state index in [4.69, 9.17) is 28.4 Å². The van der Waals surface area contributed by atoms with Crippen molar-refractivity contribution in [3.05, 3.63) is 35.9 Å². The van der Waals surface area contributed by atoms with E-state index in [1.165, 1.54) is 0 Å². The van der Waals surface area contributed by atoms with Crippen LogP contribution in [0.25, 0.3) is 0 Å². The first-order valence-electron chi connectivity index (χ1n) is 14.3. The predicted octanol–water partition coefficient (Wildman–Crippen LogP) is 5.82. The van der Waals surface area contributed by atoms with Gasteiger partial charge in [-0.15, -0.1) is 0 Å². The van der Waals surface area contributed by atoms with Gasteiger partial charge < -0.3 is 28.4 Å². The first-order valence-corrected chi connectivity index (χ1v) is 15.4. The maximum atomic E-state index is 13.6. The van der Waals surface area contributed by atoms with E-state index in [1.54, 1.807) is 32.5 Å². The van der Waals surface area contributed by atoms with E-state index in [9.17, 15) is 9.59 Å². The summed E-state index contributed by atoms with van der Waals surface area (Å²) >= 11 is 1.76. The Morgan fingerprint density at radius 2 is 1.35 bits per heavy atom. The van der Waals surface area contributed by atoms with Crippen LogP contribution in [0.5, 0.6) is 0 Å². The van der Waals surface area contributed by atoms with Gasteiger partial charge in [0.15, 0.2) is 23.8 Å². The van der Waals surface area contributed by atoms with Crippen molar-refractivity contribution in [3.63, 3.8) is 0 Å². The Hall–Kier alpha value is -1.65. The van der Waals surface area contributed by atoms with Gasteiger partial charge in [0.05, 0.1) is 11.8 Å². The van der Waals surface area contributed by atoms with Crippen LogP contribution in [0.4, 0.5) is 0 Å². The number of fused-ring (bicyclic) bond motifs is 3. The molecule has 2 saturated heterocycles. The van der Waals surface area contributed by atoms with Crippen molar-refractivity contribution in [2.24, 2.45) is 11.3 Å². The SMILES string of the molecule is CC(C)CCS[C@@H](CC(=O)O[C@@H]1[C@@H](OC(=O)C(C)(C)C)[C@@H]2OC(C)(C)O[C@@H]2[C@H]2OC(C)(C)O[C@@H]12)c1ccccc1. The quantitative estimate of drug-likeness (QED) is 0.336. The number of carbonyl (C=O) groups excluding carboxylic acids is 2. The number of ether oxygens (including phenoxy) is 6. The van der Waals surface area contributed by atoms with Crippen LogP contribution in [-0.2, 0) is 38.0 Å². The normalized spacial score (nSPS) is 31.4. The summed E-state index contributed by atoms with van der Waals surface area (Å²) in [6.45, 7) is 17.0. The summed E-state index contributed by atoms with van der Waals surface area (Å²) in [6.07, 6.45) is -3.14. The summed E-state index contributed by atoms with van der Waals surface area (Å²) in [6, 6.07) is 10.0. The molecular formula is C31H46O8S. The first-order chi connectivity index (χ1) is 18.6. The lowest BCUT2D eigenvalue weighted by molar-refractivity contribution is -0.214. The molecule has 8 nitrogen and oxygen atoms in total. The van der Waals surface area contributed by atoms with E-state index < -0.39 is 65.6 Å². The Bertz CT molecular complexity index is 1030. The molecule has 3 aliphatic rings. The standard InChI is InChI=1S/C31H46O8S/c1-18(2)15-16-40-20(19-13-11-10-12-14-19)17-21(32)34-22-23(35-28(33)29(3,4)5)25-27(39-31(8,9)37-25)26-24(22)36-30(6,7)38-26/h10-14,18,20,22-27H,15-17H2,1-9H3/t20-,22+,23+,24-,25-,26-,27-/m0/s1. The van der Waals surface area contributed by atoms with Crippen LogP contribution in [-0.4, -0.2) is 65.9 Å². The second-order valence-corrected chi connectivity index (χ2v) is 14.7. The lowest BCUT2D eigenvalue weighted by Gasteiger charge is -2.42. The fraction of sp³-hybridized carbons (Fsp3) is 0.742. The van der Waals surface area contributed by atoms with Gasteiger partial charge in [-0.1, -0.05) is 44.2 Å². The maximum Gasteiger partial charge on any atom is 0.311 e. The minimum Gasteiger partial charge on any atom is -0.455 e. The van der Waals surface area contributed by atoms with Gasteiger partial charge in [0.1, 0.15) is 24.4 Å². The molecule has 40 heavy (non-hydrogen) atoms. The largest absolute Gasteiger partial charge is 0.455 e. The van der Waals surface area contributed by atoms with Crippen molar-refractivity contribution in [1.82, 2.24) is 0 Å². The molecule has 9 heteroatoms. The second-order valence-electron chi connectivity index (χ2n) is 13.4. The van der Waals surface area contributed by atoms with Crippen LogP contribution < -0.4 is 0 Å². The Morgan fingerprint density at radius 1 is 0.850 bits per heavy atom. The van der Waals surface area contributed by atoms with Crippen molar-refractivity contribution in [3.8, 4) is 0 Å². The highest BCUT2D eigenvalue weighted by molar-refractivity contribution is 7.99. The van der Waals surface area contributed by atoms with Crippen LogP contribution in [0.3, 0.4) is 0 Å². The molecule has 0 N–H and O–H groups in total. The predicted molar refractivity (Wildman–Crippen MR) is 153 cm³/mol. The van der Waals surface area contributed by atoms with Gasteiger partial charge >= 0.3 is 11.9 Å². The number of esters is 2. The number of carbonyl (C=O) groups is 2. The van der Waals surface area contributed by atoms with E-state index in [0.29, 0.717) is 5.92 Å². The molecule has 224 valence electrons. The Morgan fingerprint density at radius 3 is 1.85 bits per heavy atom. The summed E-state index contributed by atoms with van der Waals surface area (Å²) in [7, 11) is 0. The van der Waals surface area contributed by atoms with Gasteiger partial charge in [-0.2, -0.15) is 11.8 Å². The molecule has 0 unspecified atom stereocenters. The molecular weight excluding hydrogens is 532 g/mol. The van der Waals surface area contributed by atoms with Crippen LogP contribution in [0.15, 0.2) is 30.3 Å². The highest BCUT2D eigenvalue weighted by atomic mass is 32.2. The van der Waals surface area contributed by atoms with Gasteiger partial charge in [-0.25, -0.2) is 0 Å². The van der Waals surface area contributed by atoms with Crippen molar-refractivity contribution >= 4 is 23.7 Å². The minimum absolute atomic E-state index is 0.0719. The van der Waals surface area contributed by atoms with Crippen molar-refractivity contribution in [1.29, 1.82) is 0 Å². The van der Waals surface area contributed by atoms with Crippen LogP contribution in [0.2, 0.25) is 0 Å². The third-order valence-electron chi connectivity index (χ3n) is 7.28. The topological polar surface area (TPSA) is 89.5 Å². The molecule has 7 atom stereocenters. The third-order valence-corrected chi connectivity index (χ3v) is 8.60. The van der Waals surface area contributed by atoms with Gasteiger partial charge in [0, 0.05) is 5.25 Å². The fourth-order valence-electron chi connectivity index (χ4n) is 5.33. The smallest absolute Gasteiger partial charge is 0.311 e. The first kappa shape index (κ1) is 31.3. The number of hydrogen-bond donors (Lipinski definition) is 0. The minimum atomic E-state index is -0.942. The van der Waals surface area contributed by atoms with E-state index >= 15 is 0 Å². The molecule has 0 radical (unpaired) electrons. The highest BCUT2D eigenvalue weighted by Crippen LogP contribution is 2.47. The Balaban J connectivity index is 1.61. The maximum absolute atomic E-state index is 13.6. The van der Waals surface area contributed by atoms with Gasteiger partial charge in [0.25, 0.3) is 0 Å². The lowest BCUT2D eigenvalue weighted by atomic mass is 9.84. The van der Waals surface area contributed by atoms with Crippen molar-refractivity contribution in [2.45, 2.75) is 129 Å². The van der Waals surface area contributed by atoms with E-state index in [1.807, 2.05) is 58.0 Å². The molecule has 0 aromatic heterocycles. The second kappa shape index (κ2) is 11.9. The molecule has 4 rings (SSSR count). The molecule has 2 heterocycles. The summed E-state index contributed by atoms with van der Waals surface area (Å²) < 4.78 is 37.3. The third kappa shape index (κ3) is 7.40. The lowest BCUT2D eigenvalue weighted by Crippen LogP contribution is -2.64. The van der Waals surface area contributed by atoms with E-state index in [-0.39, 0.29) is 11.7 Å². The average molecular weight is 579 g/mol. The van der Waals surface area contributed by atoms with E-state index in [2.05, 4.69) is 13.8 Å². The zero-order valence-electron chi connectivity index (χ0n) is 25.3. The molecule has 0 bridgehead atoms. The summed E-state index contributed by atoms with van der Waals surface area (Å²) in [4.78, 5) is 26.8. The molecule has 0 spiro atoms. The number of thioether (sulfide) groups is 1. The van der Waals surface area contributed by atoms with Gasteiger partial charge in [-0.05, 0) is 72.1 Å². The number of hydrogen-bond acceptors (Lipinski definition) is 9. The fourth-order valence-corrected chi connectivity index (χ4v) is 6.83. The van der Waals surface area contributed by atoms with Crippen LogP contribution >= 0.6 is 11.8 Å². The van der Waals surface area contributed by atoms with Crippen molar-refractivity contribution < 1.29 is 38.0 Å². The van der Waals surface area contributed by atoms with Crippen LogP contribution in [0.1, 0.15) is 86.0 Å². The Labute approximate surface area is 243 Å².